The second kappa shape index (κ2) is 8.28. The highest BCUT2D eigenvalue weighted by Crippen LogP contribution is 2.50. The van der Waals surface area contributed by atoms with Gasteiger partial charge in [-0.25, -0.2) is 0 Å². The number of hydrogen-bond acceptors (Lipinski definition) is 3. The molecule has 0 radical (unpaired) electrons. The number of anilines is 3. The van der Waals surface area contributed by atoms with Gasteiger partial charge in [-0.15, -0.1) is 11.8 Å². The average molecular weight is 390 g/mol. The van der Waals surface area contributed by atoms with Crippen molar-refractivity contribution in [2.24, 2.45) is 0 Å². The summed E-state index contributed by atoms with van der Waals surface area (Å²) in [4.78, 5) is 3.75. The van der Waals surface area contributed by atoms with E-state index in [9.17, 15) is 0 Å². The second-order valence-electron chi connectivity index (χ2n) is 6.56. The van der Waals surface area contributed by atoms with Gasteiger partial charge in [-0.1, -0.05) is 54.6 Å². The van der Waals surface area contributed by atoms with E-state index in [1.54, 1.807) is 0 Å². The van der Waals surface area contributed by atoms with E-state index < -0.39 is 0 Å². The molecule has 3 aromatic carbocycles. The van der Waals surface area contributed by atoms with E-state index in [2.05, 4.69) is 103 Å². The Bertz CT molecular complexity index is 913. The van der Waals surface area contributed by atoms with Crippen molar-refractivity contribution < 1.29 is 0 Å². The minimum Gasteiger partial charge on any atom is -0.309 e. The SMILES string of the molecule is CC(SCCCS)=C1c2ccccc2N(c2ccccc2)c2ccccc21. The van der Waals surface area contributed by atoms with Crippen LogP contribution in [0.4, 0.5) is 17.1 Å². The summed E-state index contributed by atoms with van der Waals surface area (Å²) in [6, 6.07) is 28.1. The van der Waals surface area contributed by atoms with Crippen molar-refractivity contribution >= 4 is 47.0 Å². The fourth-order valence-electron chi connectivity index (χ4n) is 3.63. The van der Waals surface area contributed by atoms with Crippen LogP contribution in [-0.2, 0) is 0 Å². The summed E-state index contributed by atoms with van der Waals surface area (Å²) in [7, 11) is 0. The molecule has 0 N–H and O–H groups in total. The summed E-state index contributed by atoms with van der Waals surface area (Å²) >= 11 is 6.30. The highest BCUT2D eigenvalue weighted by molar-refractivity contribution is 8.03. The Balaban J connectivity index is 1.92. The molecule has 0 saturated heterocycles. The van der Waals surface area contributed by atoms with E-state index in [0.29, 0.717) is 0 Å². The molecule has 27 heavy (non-hydrogen) atoms. The molecule has 0 aliphatic carbocycles. The van der Waals surface area contributed by atoms with Crippen LogP contribution in [0.15, 0.2) is 83.8 Å². The maximum atomic E-state index is 4.36. The maximum Gasteiger partial charge on any atom is 0.0540 e. The van der Waals surface area contributed by atoms with Crippen molar-refractivity contribution in [2.45, 2.75) is 13.3 Å². The van der Waals surface area contributed by atoms with E-state index in [-0.39, 0.29) is 0 Å². The van der Waals surface area contributed by atoms with Crippen molar-refractivity contribution in [1.29, 1.82) is 0 Å². The van der Waals surface area contributed by atoms with E-state index in [1.165, 1.54) is 38.7 Å². The predicted molar refractivity (Wildman–Crippen MR) is 124 cm³/mol. The number of thioether (sulfide) groups is 1. The summed E-state index contributed by atoms with van der Waals surface area (Å²) in [5.41, 5.74) is 7.64. The molecule has 0 atom stereocenters. The number of rotatable bonds is 5. The fourth-order valence-corrected chi connectivity index (χ4v) is 4.96. The highest BCUT2D eigenvalue weighted by atomic mass is 32.2. The normalized spacial score (nSPS) is 12.5. The van der Waals surface area contributed by atoms with Gasteiger partial charge in [0, 0.05) is 22.4 Å². The standard InChI is InChI=1S/C24H23NS2/c1-18(27-17-9-16-26)24-20-12-5-7-14-22(20)25(19-10-3-2-4-11-19)23-15-8-6-13-21(23)24/h2-8,10-15,26H,9,16-17H2,1H3. The molecule has 0 unspecified atom stereocenters. The number of fused-ring (bicyclic) bond motifs is 2. The molecule has 3 heteroatoms. The first-order valence-electron chi connectivity index (χ1n) is 9.30. The largest absolute Gasteiger partial charge is 0.309 e. The van der Waals surface area contributed by atoms with Crippen LogP contribution in [0, 0.1) is 0 Å². The molecular weight excluding hydrogens is 366 g/mol. The van der Waals surface area contributed by atoms with Gasteiger partial charge in [-0.2, -0.15) is 12.6 Å². The lowest BCUT2D eigenvalue weighted by Gasteiger charge is -2.35. The Morgan fingerprint density at radius 1 is 0.815 bits per heavy atom. The Kier molecular flexibility index (Phi) is 5.61. The molecule has 0 bridgehead atoms. The molecule has 1 nitrogen and oxygen atoms in total. The Morgan fingerprint density at radius 3 is 1.96 bits per heavy atom. The average Bonchev–Trinajstić information content (AvgIpc) is 2.72. The zero-order valence-electron chi connectivity index (χ0n) is 15.4. The van der Waals surface area contributed by atoms with Gasteiger partial charge in [0.25, 0.3) is 0 Å². The molecule has 0 fully saturated rings. The van der Waals surface area contributed by atoms with Crippen molar-refractivity contribution in [3.8, 4) is 0 Å². The Labute approximate surface area is 171 Å². The number of benzene rings is 3. The molecule has 4 rings (SSSR count). The van der Waals surface area contributed by atoms with Gasteiger partial charge in [0.15, 0.2) is 0 Å². The van der Waals surface area contributed by atoms with Crippen LogP contribution in [0.1, 0.15) is 24.5 Å². The molecule has 1 heterocycles. The molecule has 0 spiro atoms. The van der Waals surface area contributed by atoms with Crippen LogP contribution in [0.5, 0.6) is 0 Å². The first-order chi connectivity index (χ1) is 13.3. The predicted octanol–water partition coefficient (Wildman–Crippen LogP) is 7.30. The lowest BCUT2D eigenvalue weighted by molar-refractivity contribution is 1.13. The van der Waals surface area contributed by atoms with Gasteiger partial charge in [-0.05, 0) is 54.0 Å². The Hall–Kier alpha value is -2.10. The lowest BCUT2D eigenvalue weighted by Crippen LogP contribution is -2.18. The number of thiol groups is 1. The van der Waals surface area contributed by atoms with Gasteiger partial charge in [0.1, 0.15) is 0 Å². The highest BCUT2D eigenvalue weighted by Gasteiger charge is 2.28. The van der Waals surface area contributed by atoms with Crippen LogP contribution in [-0.4, -0.2) is 11.5 Å². The molecule has 1 aliphatic heterocycles. The first kappa shape index (κ1) is 18.3. The first-order valence-corrected chi connectivity index (χ1v) is 10.9. The van der Waals surface area contributed by atoms with E-state index in [0.717, 1.165) is 17.9 Å². The van der Waals surface area contributed by atoms with Gasteiger partial charge in [-0.3, -0.25) is 0 Å². The zero-order chi connectivity index (χ0) is 18.6. The third kappa shape index (κ3) is 3.54. The second-order valence-corrected chi connectivity index (χ2v) is 8.32. The monoisotopic (exact) mass is 389 g/mol. The van der Waals surface area contributed by atoms with Gasteiger partial charge >= 0.3 is 0 Å². The van der Waals surface area contributed by atoms with Crippen LogP contribution >= 0.6 is 24.4 Å². The Morgan fingerprint density at radius 2 is 1.37 bits per heavy atom. The summed E-state index contributed by atoms with van der Waals surface area (Å²) in [6.45, 7) is 2.25. The molecule has 0 aromatic heterocycles. The quantitative estimate of drug-likeness (QED) is 0.282. The molecule has 3 aromatic rings. The van der Waals surface area contributed by atoms with Crippen LogP contribution < -0.4 is 4.90 Å². The third-order valence-electron chi connectivity index (χ3n) is 4.82. The number of hydrogen-bond donors (Lipinski definition) is 1. The van der Waals surface area contributed by atoms with Crippen molar-refractivity contribution in [2.75, 3.05) is 16.4 Å². The molecular formula is C24H23NS2. The van der Waals surface area contributed by atoms with Crippen molar-refractivity contribution in [3.63, 3.8) is 0 Å². The smallest absolute Gasteiger partial charge is 0.0540 e. The molecule has 0 saturated carbocycles. The molecule has 136 valence electrons. The summed E-state index contributed by atoms with van der Waals surface area (Å²) in [5, 5.41) is 0. The number of para-hydroxylation sites is 3. The number of nitrogens with zero attached hydrogens (tertiary/aromatic N) is 1. The molecule has 1 aliphatic rings. The number of allylic oxidation sites excluding steroid dienone is 1. The van der Waals surface area contributed by atoms with E-state index >= 15 is 0 Å². The topological polar surface area (TPSA) is 3.24 Å². The summed E-state index contributed by atoms with van der Waals surface area (Å²) in [5.74, 6) is 2.04. The van der Waals surface area contributed by atoms with Gasteiger partial charge in [0.05, 0.1) is 11.4 Å². The molecule has 0 amide bonds. The fraction of sp³-hybridized carbons (Fsp3) is 0.167. The summed E-state index contributed by atoms with van der Waals surface area (Å²) < 4.78 is 0. The van der Waals surface area contributed by atoms with Gasteiger partial charge in [0.2, 0.25) is 0 Å². The van der Waals surface area contributed by atoms with E-state index in [4.69, 9.17) is 0 Å². The minimum absolute atomic E-state index is 0.935. The lowest BCUT2D eigenvalue weighted by atomic mass is 9.89. The van der Waals surface area contributed by atoms with Crippen LogP contribution in [0.3, 0.4) is 0 Å². The summed E-state index contributed by atoms with van der Waals surface area (Å²) in [6.07, 6.45) is 1.12. The van der Waals surface area contributed by atoms with Crippen molar-refractivity contribution in [3.05, 3.63) is 94.9 Å². The third-order valence-corrected chi connectivity index (χ3v) is 6.26. The van der Waals surface area contributed by atoms with Crippen LogP contribution in [0.25, 0.3) is 5.57 Å². The minimum atomic E-state index is 0.935. The van der Waals surface area contributed by atoms with Gasteiger partial charge < -0.3 is 4.90 Å². The van der Waals surface area contributed by atoms with Crippen LogP contribution in [0.2, 0.25) is 0 Å². The maximum absolute atomic E-state index is 4.36. The zero-order valence-corrected chi connectivity index (χ0v) is 17.1. The van der Waals surface area contributed by atoms with Crippen molar-refractivity contribution in [1.82, 2.24) is 0 Å². The van der Waals surface area contributed by atoms with E-state index in [1.807, 2.05) is 11.8 Å².